The molecule has 2 N–H and O–H groups in total. The molecule has 0 spiro atoms. The second-order valence-corrected chi connectivity index (χ2v) is 13.9. The first-order valence-corrected chi connectivity index (χ1v) is 22.2. The highest BCUT2D eigenvalue weighted by Crippen LogP contribution is 2.33. The van der Waals surface area contributed by atoms with Crippen LogP contribution in [-0.4, -0.2) is 221 Å². The van der Waals surface area contributed by atoms with Crippen LogP contribution in [0, 0.1) is 0 Å². The summed E-state index contributed by atoms with van der Waals surface area (Å²) in [6.45, 7) is 14.8. The van der Waals surface area contributed by atoms with Crippen molar-refractivity contribution >= 4 is 7.60 Å². The molecule has 0 aliphatic rings. The van der Waals surface area contributed by atoms with Gasteiger partial charge in [0.25, 0.3) is 0 Å². The molecule has 0 saturated heterocycles. The monoisotopic (exact) mass is 876 g/mol. The maximum Gasteiger partial charge on any atom is 0.327 e. The molecule has 0 saturated carbocycles. The van der Waals surface area contributed by atoms with Crippen LogP contribution in [0.1, 0.15) is 5.56 Å². The molecule has 0 fully saturated rings. The number of rotatable bonds is 50. The summed E-state index contributed by atoms with van der Waals surface area (Å²) in [6, 6.07) is 10.1. The van der Waals surface area contributed by atoms with E-state index in [0.717, 1.165) is 5.56 Å². The number of hydrogen-bond acceptors (Lipinski definition) is 17. The highest BCUT2D eigenvalue weighted by Gasteiger charge is 2.11. The molecule has 0 aliphatic heterocycles. The Labute approximate surface area is 350 Å². The van der Waals surface area contributed by atoms with E-state index in [1.165, 1.54) is 0 Å². The summed E-state index contributed by atoms with van der Waals surface area (Å²) < 4.78 is 97.8. The molecule has 0 amide bonds. The van der Waals surface area contributed by atoms with Gasteiger partial charge in [0.2, 0.25) is 0 Å². The Balaban J connectivity index is 1.60. The second kappa shape index (κ2) is 46.2. The molecule has 0 heterocycles. The number of hydrogen-bond donors (Lipinski definition) is 2. The van der Waals surface area contributed by atoms with E-state index in [1.807, 2.05) is 30.3 Å². The lowest BCUT2D eigenvalue weighted by Gasteiger charge is -2.09. The van der Waals surface area contributed by atoms with Gasteiger partial charge >= 0.3 is 7.60 Å². The zero-order valence-corrected chi connectivity index (χ0v) is 35.9. The average molecular weight is 877 g/mol. The molecule has 20 heteroatoms. The Morgan fingerprint density at radius 1 is 0.288 bits per heavy atom. The second-order valence-electron chi connectivity index (χ2n) is 12.1. The lowest BCUT2D eigenvalue weighted by Crippen LogP contribution is -2.16. The Morgan fingerprint density at radius 3 is 0.678 bits per heavy atom. The molecule has 348 valence electrons. The highest BCUT2D eigenvalue weighted by molar-refractivity contribution is 7.51. The van der Waals surface area contributed by atoms with E-state index in [0.29, 0.717) is 198 Å². The van der Waals surface area contributed by atoms with Crippen LogP contribution in [0.4, 0.5) is 0 Å². The standard InChI is InChI=1S/C39H73O19P/c40-59(41,42)37-36-57-33-32-55-29-28-53-25-24-51-21-20-49-17-16-47-13-12-45-9-8-43-6-7-44-10-11-46-14-15-48-18-19-50-22-23-52-26-27-54-30-31-56-34-35-58-38-39-4-2-1-3-5-39/h1-5H,6-38H2,(H2,40,41,42). The van der Waals surface area contributed by atoms with Gasteiger partial charge in [-0.2, -0.15) is 0 Å². The lowest BCUT2D eigenvalue weighted by molar-refractivity contribution is -0.0304. The minimum absolute atomic E-state index is 0.00275. The third kappa shape index (κ3) is 47.6. The van der Waals surface area contributed by atoms with Crippen molar-refractivity contribution in [2.75, 3.05) is 211 Å². The maximum absolute atomic E-state index is 10.7. The molecule has 19 nitrogen and oxygen atoms in total. The van der Waals surface area contributed by atoms with Crippen LogP contribution >= 0.6 is 7.60 Å². The largest absolute Gasteiger partial charge is 0.378 e. The predicted molar refractivity (Wildman–Crippen MR) is 215 cm³/mol. The van der Waals surface area contributed by atoms with Gasteiger partial charge in [-0.15, -0.1) is 0 Å². The quantitative estimate of drug-likeness (QED) is 0.0705. The molecule has 1 aromatic rings. The molecule has 0 radical (unpaired) electrons. The van der Waals surface area contributed by atoms with Crippen LogP contribution in [0.15, 0.2) is 30.3 Å². The van der Waals surface area contributed by atoms with Gasteiger partial charge in [0.15, 0.2) is 0 Å². The zero-order valence-electron chi connectivity index (χ0n) is 35.0. The molecule has 59 heavy (non-hydrogen) atoms. The van der Waals surface area contributed by atoms with E-state index in [1.54, 1.807) is 0 Å². The van der Waals surface area contributed by atoms with Gasteiger partial charge < -0.3 is 85.6 Å². The summed E-state index contributed by atoms with van der Waals surface area (Å²) in [6.07, 6.45) is -0.291. The molecule has 0 unspecified atom stereocenters. The van der Waals surface area contributed by atoms with Crippen LogP contribution in [-0.2, 0) is 87.0 Å². The molecule has 0 bridgehead atoms. The third-order valence-electron chi connectivity index (χ3n) is 7.22. The summed E-state index contributed by atoms with van der Waals surface area (Å²) >= 11 is 0. The third-order valence-corrected chi connectivity index (χ3v) is 7.98. The van der Waals surface area contributed by atoms with Gasteiger partial charge in [0.05, 0.1) is 218 Å². The average Bonchev–Trinajstić information content (AvgIpc) is 3.23. The summed E-state index contributed by atoms with van der Waals surface area (Å²) in [4.78, 5) is 17.4. The topological polar surface area (TPSA) is 205 Å². The van der Waals surface area contributed by atoms with Crippen molar-refractivity contribution in [3.8, 4) is 0 Å². The van der Waals surface area contributed by atoms with Crippen molar-refractivity contribution in [2.45, 2.75) is 6.61 Å². The Kier molecular flexibility index (Phi) is 43.7. The summed E-state index contributed by atoms with van der Waals surface area (Å²) in [5, 5.41) is 0. The van der Waals surface area contributed by atoms with E-state index in [-0.39, 0.29) is 19.4 Å². The van der Waals surface area contributed by atoms with Gasteiger partial charge in [-0.3, -0.25) is 4.57 Å². The number of benzene rings is 1. The molecule has 1 rings (SSSR count). The van der Waals surface area contributed by atoms with Crippen molar-refractivity contribution in [3.05, 3.63) is 35.9 Å². The van der Waals surface area contributed by atoms with Gasteiger partial charge in [0, 0.05) is 0 Å². The van der Waals surface area contributed by atoms with Crippen LogP contribution in [0.5, 0.6) is 0 Å². The van der Waals surface area contributed by atoms with Gasteiger partial charge in [-0.25, -0.2) is 0 Å². The Morgan fingerprint density at radius 2 is 0.475 bits per heavy atom. The molecular formula is C39H73O19P. The fourth-order valence-electron chi connectivity index (χ4n) is 4.25. The van der Waals surface area contributed by atoms with Crippen molar-refractivity contribution < 1.29 is 90.1 Å². The summed E-state index contributed by atoms with van der Waals surface area (Å²) in [5.41, 5.74) is 1.15. The SMILES string of the molecule is O=P(O)(O)CCOCCOCCOCCOCCOCCOCCOCCOCCOCCOCCOCCOCCOCCOCCOCCOCc1ccccc1. The summed E-state index contributed by atoms with van der Waals surface area (Å²) in [7, 11) is -4.01. The summed E-state index contributed by atoms with van der Waals surface area (Å²) in [5.74, 6) is 0. The van der Waals surface area contributed by atoms with Crippen LogP contribution in [0.2, 0.25) is 0 Å². The molecular weight excluding hydrogens is 803 g/mol. The van der Waals surface area contributed by atoms with E-state index in [2.05, 4.69) is 0 Å². The van der Waals surface area contributed by atoms with Crippen LogP contribution in [0.25, 0.3) is 0 Å². The fourth-order valence-corrected chi connectivity index (χ4v) is 4.61. The molecule has 1 aromatic carbocycles. The normalized spacial score (nSPS) is 11.9. The Hall–Kier alpha value is -1.27. The first kappa shape index (κ1) is 55.7. The van der Waals surface area contributed by atoms with Crippen LogP contribution < -0.4 is 0 Å². The van der Waals surface area contributed by atoms with E-state index >= 15 is 0 Å². The van der Waals surface area contributed by atoms with Gasteiger partial charge in [-0.05, 0) is 5.56 Å². The van der Waals surface area contributed by atoms with E-state index in [4.69, 9.17) is 85.6 Å². The van der Waals surface area contributed by atoms with Crippen molar-refractivity contribution in [2.24, 2.45) is 0 Å². The van der Waals surface area contributed by atoms with Crippen molar-refractivity contribution in [1.82, 2.24) is 0 Å². The van der Waals surface area contributed by atoms with E-state index in [9.17, 15) is 4.57 Å². The zero-order chi connectivity index (χ0) is 42.3. The van der Waals surface area contributed by atoms with Crippen molar-refractivity contribution in [3.63, 3.8) is 0 Å². The first-order chi connectivity index (χ1) is 29.1. The lowest BCUT2D eigenvalue weighted by atomic mass is 10.2. The minimum atomic E-state index is -4.01. The van der Waals surface area contributed by atoms with Gasteiger partial charge in [0.1, 0.15) is 0 Å². The Bertz CT molecular complexity index is 996. The maximum atomic E-state index is 10.7. The molecule has 0 aromatic heterocycles. The fraction of sp³-hybridized carbons (Fsp3) is 0.846. The molecule has 0 atom stereocenters. The molecule has 0 aliphatic carbocycles. The van der Waals surface area contributed by atoms with Gasteiger partial charge in [-0.1, -0.05) is 30.3 Å². The smallest absolute Gasteiger partial charge is 0.327 e. The van der Waals surface area contributed by atoms with Crippen LogP contribution in [0.3, 0.4) is 0 Å². The van der Waals surface area contributed by atoms with Crippen molar-refractivity contribution in [1.29, 1.82) is 0 Å². The first-order valence-electron chi connectivity index (χ1n) is 20.4. The predicted octanol–water partition coefficient (Wildman–Crippen LogP) is 1.63. The highest BCUT2D eigenvalue weighted by atomic mass is 31.2. The van der Waals surface area contributed by atoms with E-state index < -0.39 is 7.60 Å². The minimum Gasteiger partial charge on any atom is -0.378 e. The number of ether oxygens (including phenoxy) is 16.